The molecule has 0 radical (unpaired) electrons. The maximum Gasteiger partial charge on any atom is 0.0931 e. The van der Waals surface area contributed by atoms with Crippen LogP contribution in [0.1, 0.15) is 38.0 Å². The lowest BCUT2D eigenvalue weighted by molar-refractivity contribution is 0.102. The van der Waals surface area contributed by atoms with Gasteiger partial charge in [0, 0.05) is 19.1 Å². The standard InChI is InChI=1S/C16H25N3O/c1-12(20)15-6-5-14(10-17-15)19-9-7-16-13(11-19)4-3-8-18(16)2/h5-6,10,12-13,16,20H,3-4,7-9,11H2,1-2H3. The van der Waals surface area contributed by atoms with Crippen molar-refractivity contribution in [2.45, 2.75) is 38.3 Å². The van der Waals surface area contributed by atoms with Crippen LogP contribution >= 0.6 is 0 Å². The van der Waals surface area contributed by atoms with Gasteiger partial charge in [-0.3, -0.25) is 4.98 Å². The molecule has 2 saturated heterocycles. The third kappa shape index (κ3) is 2.67. The van der Waals surface area contributed by atoms with Crippen molar-refractivity contribution in [2.75, 3.05) is 31.6 Å². The fraction of sp³-hybridized carbons (Fsp3) is 0.688. The van der Waals surface area contributed by atoms with E-state index in [2.05, 4.69) is 27.9 Å². The van der Waals surface area contributed by atoms with Gasteiger partial charge in [-0.1, -0.05) is 0 Å². The van der Waals surface area contributed by atoms with Crippen LogP contribution in [0.2, 0.25) is 0 Å². The van der Waals surface area contributed by atoms with Crippen molar-refractivity contribution in [1.82, 2.24) is 9.88 Å². The van der Waals surface area contributed by atoms with Crippen LogP contribution in [-0.4, -0.2) is 47.7 Å². The zero-order chi connectivity index (χ0) is 14.1. The number of anilines is 1. The molecule has 1 N–H and O–H groups in total. The van der Waals surface area contributed by atoms with Crippen molar-refractivity contribution in [3.63, 3.8) is 0 Å². The van der Waals surface area contributed by atoms with E-state index < -0.39 is 6.10 Å². The Morgan fingerprint density at radius 1 is 1.30 bits per heavy atom. The molecule has 3 rings (SSSR count). The topological polar surface area (TPSA) is 39.6 Å². The molecule has 0 amide bonds. The number of hydrogen-bond donors (Lipinski definition) is 1. The molecule has 0 saturated carbocycles. The quantitative estimate of drug-likeness (QED) is 0.897. The van der Waals surface area contributed by atoms with E-state index >= 15 is 0 Å². The Morgan fingerprint density at radius 2 is 2.15 bits per heavy atom. The van der Waals surface area contributed by atoms with Gasteiger partial charge in [0.2, 0.25) is 0 Å². The minimum Gasteiger partial charge on any atom is -0.387 e. The predicted molar refractivity (Wildman–Crippen MR) is 80.8 cm³/mol. The Bertz CT molecular complexity index is 446. The highest BCUT2D eigenvalue weighted by Gasteiger charge is 2.34. The van der Waals surface area contributed by atoms with Crippen molar-refractivity contribution in [1.29, 1.82) is 0 Å². The fourth-order valence-electron chi connectivity index (χ4n) is 3.72. The van der Waals surface area contributed by atoms with E-state index in [0.717, 1.165) is 30.7 Å². The number of rotatable bonds is 2. The minimum absolute atomic E-state index is 0.484. The highest BCUT2D eigenvalue weighted by molar-refractivity contribution is 5.45. The van der Waals surface area contributed by atoms with E-state index in [1.54, 1.807) is 6.92 Å². The number of aliphatic hydroxyl groups excluding tert-OH is 1. The van der Waals surface area contributed by atoms with Gasteiger partial charge in [0.25, 0.3) is 0 Å². The molecule has 4 nitrogen and oxygen atoms in total. The summed E-state index contributed by atoms with van der Waals surface area (Å²) in [5, 5.41) is 9.53. The third-order valence-electron chi connectivity index (χ3n) is 4.91. The number of fused-ring (bicyclic) bond motifs is 1. The molecule has 2 aliphatic rings. The molecule has 2 fully saturated rings. The van der Waals surface area contributed by atoms with Crippen LogP contribution < -0.4 is 4.90 Å². The first-order valence-corrected chi connectivity index (χ1v) is 7.74. The molecule has 3 heterocycles. The first-order valence-electron chi connectivity index (χ1n) is 7.74. The lowest BCUT2D eigenvalue weighted by Gasteiger charge is -2.46. The van der Waals surface area contributed by atoms with E-state index in [-0.39, 0.29) is 0 Å². The molecule has 0 spiro atoms. The Hall–Kier alpha value is -1.13. The molecule has 3 atom stereocenters. The highest BCUT2D eigenvalue weighted by atomic mass is 16.3. The van der Waals surface area contributed by atoms with Crippen LogP contribution in [0.25, 0.3) is 0 Å². The molecule has 3 unspecified atom stereocenters. The molecule has 110 valence electrons. The summed E-state index contributed by atoms with van der Waals surface area (Å²) in [6, 6.07) is 4.81. The van der Waals surface area contributed by atoms with Crippen LogP contribution in [-0.2, 0) is 0 Å². The summed E-state index contributed by atoms with van der Waals surface area (Å²) in [4.78, 5) is 9.37. The lowest BCUT2D eigenvalue weighted by atomic mass is 9.84. The van der Waals surface area contributed by atoms with Gasteiger partial charge in [-0.05, 0) is 57.8 Å². The van der Waals surface area contributed by atoms with Gasteiger partial charge in [0.05, 0.1) is 23.7 Å². The zero-order valence-electron chi connectivity index (χ0n) is 12.5. The zero-order valence-corrected chi connectivity index (χ0v) is 12.5. The summed E-state index contributed by atoms with van der Waals surface area (Å²) in [6.45, 7) is 5.27. The van der Waals surface area contributed by atoms with Gasteiger partial charge in [-0.2, -0.15) is 0 Å². The molecule has 4 heteroatoms. The van der Waals surface area contributed by atoms with E-state index in [1.807, 2.05) is 12.3 Å². The number of pyridine rings is 1. The number of aliphatic hydroxyl groups is 1. The maximum atomic E-state index is 9.53. The van der Waals surface area contributed by atoms with E-state index in [1.165, 1.54) is 31.5 Å². The Kier molecular flexibility index (Phi) is 3.94. The Morgan fingerprint density at radius 3 is 2.85 bits per heavy atom. The highest BCUT2D eigenvalue weighted by Crippen LogP contribution is 2.31. The second-order valence-corrected chi connectivity index (χ2v) is 6.30. The summed E-state index contributed by atoms with van der Waals surface area (Å²) in [6.07, 6.45) is 5.35. The number of aromatic nitrogens is 1. The van der Waals surface area contributed by atoms with Crippen molar-refractivity contribution >= 4 is 5.69 Å². The van der Waals surface area contributed by atoms with Crippen LogP contribution in [0.5, 0.6) is 0 Å². The van der Waals surface area contributed by atoms with Crippen LogP contribution in [0.4, 0.5) is 5.69 Å². The summed E-state index contributed by atoms with van der Waals surface area (Å²) in [5.74, 6) is 0.791. The molecule has 2 aliphatic heterocycles. The van der Waals surface area contributed by atoms with Gasteiger partial charge in [0.1, 0.15) is 0 Å². The molecular weight excluding hydrogens is 250 g/mol. The monoisotopic (exact) mass is 275 g/mol. The van der Waals surface area contributed by atoms with Gasteiger partial charge in [0.15, 0.2) is 0 Å². The van der Waals surface area contributed by atoms with Crippen molar-refractivity contribution in [3.05, 3.63) is 24.0 Å². The maximum absolute atomic E-state index is 9.53. The van der Waals surface area contributed by atoms with E-state index in [4.69, 9.17) is 0 Å². The smallest absolute Gasteiger partial charge is 0.0931 e. The van der Waals surface area contributed by atoms with Crippen molar-refractivity contribution < 1.29 is 5.11 Å². The molecular formula is C16H25N3O. The minimum atomic E-state index is -0.484. The summed E-state index contributed by atoms with van der Waals surface area (Å²) < 4.78 is 0. The van der Waals surface area contributed by atoms with Crippen molar-refractivity contribution in [2.24, 2.45) is 5.92 Å². The summed E-state index contributed by atoms with van der Waals surface area (Å²) in [7, 11) is 2.27. The number of piperidine rings is 2. The van der Waals surface area contributed by atoms with Gasteiger partial charge in [-0.15, -0.1) is 0 Å². The third-order valence-corrected chi connectivity index (χ3v) is 4.91. The van der Waals surface area contributed by atoms with Gasteiger partial charge >= 0.3 is 0 Å². The summed E-state index contributed by atoms with van der Waals surface area (Å²) >= 11 is 0. The average Bonchev–Trinajstić information content (AvgIpc) is 2.47. The first kappa shape index (κ1) is 13.8. The lowest BCUT2D eigenvalue weighted by Crippen LogP contribution is -2.52. The van der Waals surface area contributed by atoms with Gasteiger partial charge in [-0.25, -0.2) is 0 Å². The van der Waals surface area contributed by atoms with E-state index in [0.29, 0.717) is 0 Å². The molecule has 20 heavy (non-hydrogen) atoms. The second kappa shape index (κ2) is 5.70. The fourth-order valence-corrected chi connectivity index (χ4v) is 3.72. The van der Waals surface area contributed by atoms with Crippen LogP contribution in [0.15, 0.2) is 18.3 Å². The van der Waals surface area contributed by atoms with Crippen LogP contribution in [0.3, 0.4) is 0 Å². The SMILES string of the molecule is CC(O)c1ccc(N2CCC3C(CCCN3C)C2)cn1. The van der Waals surface area contributed by atoms with Crippen LogP contribution in [0, 0.1) is 5.92 Å². The largest absolute Gasteiger partial charge is 0.387 e. The molecule has 0 aromatic carbocycles. The normalized spacial score (nSPS) is 29.1. The molecule has 1 aromatic heterocycles. The number of likely N-dealkylation sites (tertiary alicyclic amines) is 1. The van der Waals surface area contributed by atoms with Gasteiger partial charge < -0.3 is 14.9 Å². The van der Waals surface area contributed by atoms with Crippen molar-refractivity contribution in [3.8, 4) is 0 Å². The average molecular weight is 275 g/mol. The number of hydrogen-bond acceptors (Lipinski definition) is 4. The Balaban J connectivity index is 1.69. The summed E-state index contributed by atoms with van der Waals surface area (Å²) in [5.41, 5.74) is 1.95. The second-order valence-electron chi connectivity index (χ2n) is 6.30. The molecule has 0 aliphatic carbocycles. The Labute approximate surface area is 121 Å². The number of nitrogens with zero attached hydrogens (tertiary/aromatic N) is 3. The first-order chi connectivity index (χ1) is 9.65. The molecule has 1 aromatic rings. The molecule has 0 bridgehead atoms. The van der Waals surface area contributed by atoms with E-state index in [9.17, 15) is 5.11 Å². The predicted octanol–water partition coefficient (Wildman–Crippen LogP) is 2.06.